The number of amides is 1. The van der Waals surface area contributed by atoms with Crippen LogP contribution in [0.4, 0.5) is 5.00 Å². The first-order chi connectivity index (χ1) is 9.60. The lowest BCUT2D eigenvalue weighted by molar-refractivity contribution is -0.118. The van der Waals surface area contributed by atoms with Crippen LogP contribution >= 0.6 is 34.5 Å². The van der Waals surface area contributed by atoms with Crippen LogP contribution < -0.4 is 10.1 Å². The summed E-state index contributed by atoms with van der Waals surface area (Å²) in [7, 11) is 0. The first kappa shape index (κ1) is 14.7. The van der Waals surface area contributed by atoms with E-state index < -0.39 is 0 Å². The molecule has 0 atom stereocenters. The number of carbonyl (C=O) groups is 1. The monoisotopic (exact) mass is 326 g/mol. The van der Waals surface area contributed by atoms with Crippen LogP contribution in [0.1, 0.15) is 5.56 Å². The third kappa shape index (κ3) is 3.64. The van der Waals surface area contributed by atoms with Crippen LogP contribution in [0, 0.1) is 11.3 Å². The highest BCUT2D eigenvalue weighted by atomic mass is 35.5. The maximum atomic E-state index is 11.7. The highest BCUT2D eigenvalue weighted by molar-refractivity contribution is 7.14. The number of benzene rings is 1. The van der Waals surface area contributed by atoms with E-state index in [1.54, 1.807) is 23.6 Å². The SMILES string of the molecule is N#Cc1ccsc1NC(=O)COc1ccc(Cl)cc1Cl. The first-order valence-corrected chi connectivity index (χ1v) is 7.09. The van der Waals surface area contributed by atoms with E-state index in [9.17, 15) is 4.79 Å². The fourth-order valence-electron chi connectivity index (χ4n) is 1.39. The molecule has 2 rings (SSSR count). The summed E-state index contributed by atoms with van der Waals surface area (Å²) in [6.45, 7) is -0.204. The standard InChI is InChI=1S/C13H8Cl2N2O2S/c14-9-1-2-11(10(15)5-9)19-7-12(18)17-13-8(6-16)3-4-20-13/h1-5H,7H2,(H,17,18). The Balaban J connectivity index is 1.94. The van der Waals surface area contributed by atoms with Crippen molar-refractivity contribution in [3.05, 3.63) is 45.3 Å². The Labute approximate surface area is 129 Å². The van der Waals surface area contributed by atoms with Crippen LogP contribution in [0.25, 0.3) is 0 Å². The average molecular weight is 327 g/mol. The second kappa shape index (κ2) is 6.62. The molecule has 7 heteroatoms. The van der Waals surface area contributed by atoms with Gasteiger partial charge in [-0.3, -0.25) is 4.79 Å². The van der Waals surface area contributed by atoms with Gasteiger partial charge in [-0.2, -0.15) is 5.26 Å². The Morgan fingerprint density at radius 1 is 1.40 bits per heavy atom. The van der Waals surface area contributed by atoms with Crippen molar-refractivity contribution >= 4 is 45.4 Å². The number of rotatable bonds is 4. The summed E-state index contributed by atoms with van der Waals surface area (Å²) in [5, 5.41) is 14.5. The van der Waals surface area contributed by atoms with Gasteiger partial charge in [0.25, 0.3) is 5.91 Å². The molecular formula is C13H8Cl2N2O2S. The van der Waals surface area contributed by atoms with Crippen LogP contribution in [0.15, 0.2) is 29.6 Å². The number of hydrogen-bond donors (Lipinski definition) is 1. The molecule has 0 bridgehead atoms. The Hall–Kier alpha value is -1.74. The van der Waals surface area contributed by atoms with Gasteiger partial charge in [0.05, 0.1) is 10.6 Å². The van der Waals surface area contributed by atoms with Crippen LogP contribution in [0.5, 0.6) is 5.75 Å². The molecule has 4 nitrogen and oxygen atoms in total. The molecule has 1 heterocycles. The maximum Gasteiger partial charge on any atom is 0.262 e. The molecule has 0 aliphatic carbocycles. The quantitative estimate of drug-likeness (QED) is 0.925. The van der Waals surface area contributed by atoms with Gasteiger partial charge in [-0.05, 0) is 29.6 Å². The summed E-state index contributed by atoms with van der Waals surface area (Å²) < 4.78 is 5.29. The van der Waals surface area contributed by atoms with E-state index in [0.29, 0.717) is 26.4 Å². The summed E-state index contributed by atoms with van der Waals surface area (Å²) in [6, 6.07) is 8.36. The number of halogens is 2. The van der Waals surface area contributed by atoms with Crippen LogP contribution in [0.3, 0.4) is 0 Å². The van der Waals surface area contributed by atoms with Gasteiger partial charge in [-0.25, -0.2) is 0 Å². The Morgan fingerprint density at radius 2 is 2.20 bits per heavy atom. The molecule has 1 aromatic heterocycles. The van der Waals surface area contributed by atoms with Crippen molar-refractivity contribution in [1.29, 1.82) is 5.26 Å². The predicted molar refractivity (Wildman–Crippen MR) is 79.6 cm³/mol. The van der Waals surface area contributed by atoms with Gasteiger partial charge >= 0.3 is 0 Å². The van der Waals surface area contributed by atoms with Crippen molar-refractivity contribution in [3.8, 4) is 11.8 Å². The lowest BCUT2D eigenvalue weighted by Gasteiger charge is -2.08. The normalized spacial score (nSPS) is 9.85. The van der Waals surface area contributed by atoms with E-state index in [1.165, 1.54) is 17.4 Å². The zero-order chi connectivity index (χ0) is 14.5. The van der Waals surface area contributed by atoms with Crippen LogP contribution in [0.2, 0.25) is 10.0 Å². The lowest BCUT2D eigenvalue weighted by Crippen LogP contribution is -2.20. The van der Waals surface area contributed by atoms with E-state index >= 15 is 0 Å². The molecule has 0 saturated carbocycles. The number of ether oxygens (including phenoxy) is 1. The third-order valence-corrected chi connectivity index (χ3v) is 3.65. The van der Waals surface area contributed by atoms with Gasteiger partial charge in [0, 0.05) is 5.02 Å². The average Bonchev–Trinajstić information content (AvgIpc) is 2.85. The molecule has 1 amide bonds. The van der Waals surface area contributed by atoms with E-state index in [2.05, 4.69) is 5.32 Å². The molecule has 0 radical (unpaired) electrons. The zero-order valence-electron chi connectivity index (χ0n) is 10.0. The summed E-state index contributed by atoms with van der Waals surface area (Å²) in [6.07, 6.45) is 0. The van der Waals surface area contributed by atoms with E-state index in [1.807, 2.05) is 6.07 Å². The zero-order valence-corrected chi connectivity index (χ0v) is 12.4. The molecule has 1 aromatic carbocycles. The summed E-state index contributed by atoms with van der Waals surface area (Å²) >= 11 is 13.0. The number of thiophene rings is 1. The molecule has 0 aliphatic rings. The summed E-state index contributed by atoms with van der Waals surface area (Å²) in [4.78, 5) is 11.7. The van der Waals surface area contributed by atoms with Crippen LogP contribution in [-0.4, -0.2) is 12.5 Å². The minimum absolute atomic E-state index is 0.204. The van der Waals surface area contributed by atoms with Crippen molar-refractivity contribution in [1.82, 2.24) is 0 Å². The third-order valence-electron chi connectivity index (χ3n) is 2.29. The summed E-state index contributed by atoms with van der Waals surface area (Å²) in [5.74, 6) is 0.00729. The molecular weight excluding hydrogens is 319 g/mol. The van der Waals surface area contributed by atoms with Crippen molar-refractivity contribution < 1.29 is 9.53 Å². The van der Waals surface area contributed by atoms with Gasteiger partial charge in [0.15, 0.2) is 6.61 Å². The van der Waals surface area contributed by atoms with Crippen molar-refractivity contribution in [2.45, 2.75) is 0 Å². The second-order valence-corrected chi connectivity index (χ2v) is 5.45. The number of hydrogen-bond acceptors (Lipinski definition) is 4. The van der Waals surface area contributed by atoms with Crippen molar-refractivity contribution in [2.24, 2.45) is 0 Å². The predicted octanol–water partition coefficient (Wildman–Crippen LogP) is 3.94. The number of nitrogens with one attached hydrogen (secondary N) is 1. The Bertz CT molecular complexity index is 679. The van der Waals surface area contributed by atoms with Crippen molar-refractivity contribution in [3.63, 3.8) is 0 Å². The first-order valence-electron chi connectivity index (χ1n) is 5.45. The molecule has 0 fully saturated rings. The number of nitriles is 1. The second-order valence-electron chi connectivity index (χ2n) is 3.69. The number of carbonyl (C=O) groups excluding carboxylic acids is 1. The molecule has 20 heavy (non-hydrogen) atoms. The highest BCUT2D eigenvalue weighted by Gasteiger charge is 2.10. The van der Waals surface area contributed by atoms with E-state index in [0.717, 1.165) is 0 Å². The number of anilines is 1. The minimum Gasteiger partial charge on any atom is -0.482 e. The number of nitrogens with zero attached hydrogens (tertiary/aromatic N) is 1. The van der Waals surface area contributed by atoms with Gasteiger partial charge in [0.2, 0.25) is 0 Å². The molecule has 0 unspecified atom stereocenters. The molecule has 0 aliphatic heterocycles. The molecule has 1 N–H and O–H groups in total. The Kier molecular flexibility index (Phi) is 4.85. The molecule has 0 saturated heterocycles. The Morgan fingerprint density at radius 3 is 2.90 bits per heavy atom. The topological polar surface area (TPSA) is 62.1 Å². The molecule has 102 valence electrons. The largest absolute Gasteiger partial charge is 0.482 e. The van der Waals surface area contributed by atoms with Gasteiger partial charge in [-0.1, -0.05) is 23.2 Å². The summed E-state index contributed by atoms with van der Waals surface area (Å²) in [5.41, 5.74) is 0.424. The van der Waals surface area contributed by atoms with E-state index in [-0.39, 0.29) is 12.5 Å². The molecule has 0 spiro atoms. The fourth-order valence-corrected chi connectivity index (χ4v) is 2.61. The van der Waals surface area contributed by atoms with E-state index in [4.69, 9.17) is 33.2 Å². The van der Waals surface area contributed by atoms with Gasteiger partial charge in [-0.15, -0.1) is 11.3 Å². The van der Waals surface area contributed by atoms with Crippen molar-refractivity contribution in [2.75, 3.05) is 11.9 Å². The fraction of sp³-hybridized carbons (Fsp3) is 0.0769. The maximum absolute atomic E-state index is 11.7. The smallest absolute Gasteiger partial charge is 0.262 e. The molecule has 2 aromatic rings. The minimum atomic E-state index is -0.366. The lowest BCUT2D eigenvalue weighted by atomic mass is 10.3. The van der Waals surface area contributed by atoms with Gasteiger partial charge < -0.3 is 10.1 Å². The van der Waals surface area contributed by atoms with Crippen LogP contribution in [-0.2, 0) is 4.79 Å². The highest BCUT2D eigenvalue weighted by Crippen LogP contribution is 2.27. The van der Waals surface area contributed by atoms with Gasteiger partial charge in [0.1, 0.15) is 16.8 Å².